The minimum absolute atomic E-state index is 0.0113. The van der Waals surface area contributed by atoms with Crippen LogP contribution in [0.25, 0.3) is 0 Å². The van der Waals surface area contributed by atoms with Crippen LogP contribution in [0.1, 0.15) is 27.7 Å². The van der Waals surface area contributed by atoms with E-state index < -0.39 is 15.6 Å². The molecule has 0 aliphatic rings. The Labute approximate surface area is 145 Å². The molecule has 1 aromatic carbocycles. The van der Waals surface area contributed by atoms with Crippen molar-refractivity contribution in [3.8, 4) is 0 Å². The van der Waals surface area contributed by atoms with Crippen LogP contribution < -0.4 is 5.32 Å². The summed E-state index contributed by atoms with van der Waals surface area (Å²) in [7, 11) is -3.83. The molecule has 124 valence electrons. The maximum Gasteiger partial charge on any atom is 0.245 e. The summed E-state index contributed by atoms with van der Waals surface area (Å²) < 4.78 is 27.1. The molecule has 0 aliphatic carbocycles. The maximum atomic E-state index is 12.6. The van der Waals surface area contributed by atoms with E-state index in [4.69, 9.17) is 11.6 Å². The van der Waals surface area contributed by atoms with Gasteiger partial charge in [-0.15, -0.1) is 0 Å². The van der Waals surface area contributed by atoms with Crippen LogP contribution in [0.15, 0.2) is 27.6 Å². The third kappa shape index (κ3) is 5.22. The zero-order valence-electron chi connectivity index (χ0n) is 13.0. The molecule has 8 heteroatoms. The van der Waals surface area contributed by atoms with E-state index in [0.717, 1.165) is 4.31 Å². The van der Waals surface area contributed by atoms with Crippen molar-refractivity contribution in [1.29, 1.82) is 0 Å². The summed E-state index contributed by atoms with van der Waals surface area (Å²) in [4.78, 5) is 12.0. The van der Waals surface area contributed by atoms with E-state index >= 15 is 0 Å². The lowest BCUT2D eigenvalue weighted by Crippen LogP contribution is -2.47. The largest absolute Gasteiger partial charge is 0.350 e. The van der Waals surface area contributed by atoms with Gasteiger partial charge in [0.25, 0.3) is 0 Å². The highest BCUT2D eigenvalue weighted by Crippen LogP contribution is 2.27. The molecule has 0 heterocycles. The lowest BCUT2D eigenvalue weighted by Gasteiger charge is -2.25. The summed E-state index contributed by atoms with van der Waals surface area (Å²) in [5.74, 6) is -0.355. The van der Waals surface area contributed by atoms with Crippen LogP contribution in [0, 0.1) is 0 Å². The molecule has 0 saturated heterocycles. The second-order valence-electron chi connectivity index (χ2n) is 5.80. The summed E-state index contributed by atoms with van der Waals surface area (Å²) in [6.45, 7) is 7.10. The molecule has 22 heavy (non-hydrogen) atoms. The summed E-state index contributed by atoms with van der Waals surface area (Å²) >= 11 is 9.26. The molecule has 1 aromatic rings. The van der Waals surface area contributed by atoms with Gasteiger partial charge in [-0.3, -0.25) is 4.79 Å². The van der Waals surface area contributed by atoms with Gasteiger partial charge < -0.3 is 5.32 Å². The van der Waals surface area contributed by atoms with Gasteiger partial charge >= 0.3 is 0 Å². The fourth-order valence-corrected chi connectivity index (χ4v) is 4.22. The van der Waals surface area contributed by atoms with Crippen LogP contribution in [0.2, 0.25) is 5.02 Å². The third-order valence-electron chi connectivity index (χ3n) is 2.70. The van der Waals surface area contributed by atoms with Gasteiger partial charge in [-0.1, -0.05) is 34.5 Å². The minimum atomic E-state index is -3.83. The predicted molar refractivity (Wildman–Crippen MR) is 91.5 cm³/mol. The Balaban J connectivity index is 3.05. The van der Waals surface area contributed by atoms with Gasteiger partial charge in [-0.05, 0) is 39.0 Å². The molecule has 0 unspecified atom stereocenters. The van der Waals surface area contributed by atoms with E-state index in [2.05, 4.69) is 21.2 Å². The Morgan fingerprint density at radius 1 is 1.36 bits per heavy atom. The van der Waals surface area contributed by atoms with Crippen molar-refractivity contribution in [1.82, 2.24) is 9.62 Å². The van der Waals surface area contributed by atoms with Crippen molar-refractivity contribution in [2.45, 2.75) is 38.1 Å². The van der Waals surface area contributed by atoms with Crippen LogP contribution in [0.4, 0.5) is 0 Å². The van der Waals surface area contributed by atoms with Gasteiger partial charge in [0.15, 0.2) is 0 Å². The van der Waals surface area contributed by atoms with E-state index in [1.807, 2.05) is 20.8 Å². The molecule has 0 radical (unpaired) electrons. The smallest absolute Gasteiger partial charge is 0.245 e. The molecule has 1 N–H and O–H groups in total. The molecular weight excluding hydrogens is 392 g/mol. The highest BCUT2D eigenvalue weighted by atomic mass is 79.9. The first-order chi connectivity index (χ1) is 9.97. The summed E-state index contributed by atoms with van der Waals surface area (Å²) in [6.07, 6.45) is 0. The summed E-state index contributed by atoms with van der Waals surface area (Å²) in [6, 6.07) is 4.53. The van der Waals surface area contributed by atoms with Gasteiger partial charge in [0, 0.05) is 16.6 Å². The van der Waals surface area contributed by atoms with Gasteiger partial charge in [0.2, 0.25) is 15.9 Å². The average molecular weight is 412 g/mol. The number of likely N-dealkylation sites (N-methyl/N-ethyl adjacent to an activating group) is 1. The molecule has 1 rings (SSSR count). The number of hydrogen-bond donors (Lipinski definition) is 1. The third-order valence-corrected chi connectivity index (χ3v) is 5.60. The van der Waals surface area contributed by atoms with Crippen molar-refractivity contribution in [2.24, 2.45) is 0 Å². The highest BCUT2D eigenvalue weighted by Gasteiger charge is 2.28. The van der Waals surface area contributed by atoms with Crippen LogP contribution in [0.3, 0.4) is 0 Å². The van der Waals surface area contributed by atoms with E-state index in [0.29, 0.717) is 4.47 Å². The second-order valence-corrected chi connectivity index (χ2v) is 9.03. The van der Waals surface area contributed by atoms with E-state index in [-0.39, 0.29) is 28.9 Å². The van der Waals surface area contributed by atoms with Gasteiger partial charge in [-0.25, -0.2) is 8.42 Å². The van der Waals surface area contributed by atoms with E-state index in [1.54, 1.807) is 13.0 Å². The van der Waals surface area contributed by atoms with Gasteiger partial charge in [0.05, 0.1) is 11.6 Å². The first kappa shape index (κ1) is 19.4. The number of nitrogens with zero attached hydrogens (tertiary/aromatic N) is 1. The molecule has 0 aromatic heterocycles. The number of halogens is 2. The Kier molecular flexibility index (Phi) is 6.44. The van der Waals surface area contributed by atoms with Crippen LogP contribution in [-0.2, 0) is 14.8 Å². The van der Waals surface area contributed by atoms with Crippen molar-refractivity contribution < 1.29 is 13.2 Å². The molecule has 0 bridgehead atoms. The maximum absolute atomic E-state index is 12.6. The van der Waals surface area contributed by atoms with Crippen LogP contribution in [-0.4, -0.2) is 37.3 Å². The number of benzene rings is 1. The number of rotatable bonds is 5. The predicted octanol–water partition coefficient (Wildman–Crippen LogP) is 3.03. The number of hydrogen-bond acceptors (Lipinski definition) is 3. The summed E-state index contributed by atoms with van der Waals surface area (Å²) in [5, 5.41) is 2.86. The van der Waals surface area contributed by atoms with Crippen LogP contribution >= 0.6 is 27.5 Å². The minimum Gasteiger partial charge on any atom is -0.350 e. The topological polar surface area (TPSA) is 66.5 Å². The first-order valence-electron chi connectivity index (χ1n) is 6.73. The lowest BCUT2D eigenvalue weighted by atomic mass is 10.1. The summed E-state index contributed by atoms with van der Waals surface area (Å²) in [5.41, 5.74) is -0.421. The molecule has 1 amide bonds. The molecule has 0 saturated carbocycles. The molecule has 0 aliphatic heterocycles. The monoisotopic (exact) mass is 410 g/mol. The molecule has 5 nitrogen and oxygen atoms in total. The zero-order valence-corrected chi connectivity index (χ0v) is 16.1. The highest BCUT2D eigenvalue weighted by molar-refractivity contribution is 9.10. The standard InChI is InChI=1S/C14H20BrClN2O3S/c1-5-18(9-13(19)17-14(2,3)4)22(20,21)12-7-6-10(15)8-11(12)16/h6-8H,5,9H2,1-4H3,(H,17,19). The lowest BCUT2D eigenvalue weighted by molar-refractivity contribution is -0.122. The Hall–Kier alpha value is -0.630. The number of nitrogens with one attached hydrogen (secondary N) is 1. The molecule has 0 atom stereocenters. The SMILES string of the molecule is CCN(CC(=O)NC(C)(C)C)S(=O)(=O)c1ccc(Br)cc1Cl. The Bertz CT molecular complexity index is 657. The molecule has 0 spiro atoms. The van der Waals surface area contributed by atoms with Crippen molar-refractivity contribution in [2.75, 3.05) is 13.1 Å². The second kappa shape index (κ2) is 7.29. The fourth-order valence-electron chi connectivity index (χ4n) is 1.81. The number of carbonyl (C=O) groups excluding carboxylic acids is 1. The number of amides is 1. The number of carbonyl (C=O) groups is 1. The number of sulfonamides is 1. The molecule has 0 fully saturated rings. The van der Waals surface area contributed by atoms with E-state index in [9.17, 15) is 13.2 Å². The van der Waals surface area contributed by atoms with Gasteiger partial charge in [-0.2, -0.15) is 4.31 Å². The Morgan fingerprint density at radius 2 is 1.95 bits per heavy atom. The zero-order chi connectivity index (χ0) is 17.1. The van der Waals surface area contributed by atoms with Crippen molar-refractivity contribution >= 4 is 43.5 Å². The molecular formula is C14H20BrClN2O3S. The normalized spacial score (nSPS) is 12.5. The van der Waals surface area contributed by atoms with Crippen LogP contribution in [0.5, 0.6) is 0 Å². The fraction of sp³-hybridized carbons (Fsp3) is 0.500. The van der Waals surface area contributed by atoms with Gasteiger partial charge in [0.1, 0.15) is 4.90 Å². The van der Waals surface area contributed by atoms with E-state index in [1.165, 1.54) is 12.1 Å². The average Bonchev–Trinajstić information content (AvgIpc) is 2.32. The van der Waals surface area contributed by atoms with Crippen molar-refractivity contribution in [3.63, 3.8) is 0 Å². The Morgan fingerprint density at radius 3 is 2.41 bits per heavy atom. The van der Waals surface area contributed by atoms with Crippen molar-refractivity contribution in [3.05, 3.63) is 27.7 Å². The quantitative estimate of drug-likeness (QED) is 0.810. The first-order valence-corrected chi connectivity index (χ1v) is 9.34.